The maximum absolute atomic E-state index is 8.91. The van der Waals surface area contributed by atoms with Crippen LogP contribution in [0, 0.1) is 12.8 Å². The van der Waals surface area contributed by atoms with Gasteiger partial charge in [0.15, 0.2) is 11.8 Å². The van der Waals surface area contributed by atoms with E-state index in [2.05, 4.69) is 35.8 Å². The zero-order valence-electron chi connectivity index (χ0n) is 20.0. The van der Waals surface area contributed by atoms with Gasteiger partial charge in [-0.3, -0.25) is 0 Å². The molecule has 0 atom stereocenters. The Labute approximate surface area is 185 Å². The van der Waals surface area contributed by atoms with Crippen LogP contribution >= 0.6 is 0 Å². The van der Waals surface area contributed by atoms with Gasteiger partial charge in [0.2, 0.25) is 11.4 Å². The van der Waals surface area contributed by atoms with E-state index in [0.29, 0.717) is 5.71 Å². The minimum atomic E-state index is -1.34. The number of rotatable bonds is 3. The number of para-hydroxylation sites is 1. The second-order valence-electron chi connectivity index (χ2n) is 8.81. The molecule has 3 heteroatoms. The van der Waals surface area contributed by atoms with Crippen LogP contribution < -0.4 is 4.57 Å². The van der Waals surface area contributed by atoms with Crippen LogP contribution in [0.1, 0.15) is 39.6 Å². The van der Waals surface area contributed by atoms with E-state index in [1.807, 2.05) is 43.6 Å². The number of furan rings is 1. The summed E-state index contributed by atoms with van der Waals surface area (Å²) in [5.74, 6) is 0.0813. The number of nitrogens with zero attached hydrogens (tertiary/aromatic N) is 2. The molecule has 1 aliphatic carbocycles. The van der Waals surface area contributed by atoms with Gasteiger partial charge in [-0.15, -0.1) is 0 Å². The number of hydrogen-bond donors (Lipinski definition) is 0. The molecular weight excluding hydrogens is 380 g/mol. The molecule has 0 unspecified atom stereocenters. The average Bonchev–Trinajstić information content (AvgIpc) is 3.47. The van der Waals surface area contributed by atoms with Gasteiger partial charge in [-0.1, -0.05) is 56.0 Å². The summed E-state index contributed by atoms with van der Waals surface area (Å²) in [7, 11) is 2.01. The summed E-state index contributed by atoms with van der Waals surface area (Å²) in [6.45, 7) is 2.09. The molecule has 31 heavy (non-hydrogen) atoms. The van der Waals surface area contributed by atoms with Gasteiger partial charge in [0.1, 0.15) is 7.05 Å². The fourth-order valence-electron chi connectivity index (χ4n) is 5.00. The van der Waals surface area contributed by atoms with E-state index in [9.17, 15) is 0 Å². The molecule has 0 spiro atoms. The predicted octanol–water partition coefficient (Wildman–Crippen LogP) is 6.67. The summed E-state index contributed by atoms with van der Waals surface area (Å²) in [6, 6.07) is 18.4. The molecule has 3 aromatic heterocycles. The highest BCUT2D eigenvalue weighted by atomic mass is 16.3. The van der Waals surface area contributed by atoms with E-state index in [-0.39, 0.29) is 5.92 Å². The standard InChI is InChI=1S/C28H27N2O/c1-18-11-12-22-23-17-21-9-5-6-10-24(21)29-28(23)31-27(22)26(18)25-16-20(13-14-30(25)2)15-19-7-3-4-8-19/h5-6,9-14,16-17,19H,3-4,7-8,15H2,1-2H3/q+1/i15D2. The molecule has 1 aliphatic rings. The number of pyridine rings is 2. The van der Waals surface area contributed by atoms with Crippen LogP contribution in [0.2, 0.25) is 0 Å². The normalized spacial score (nSPS) is 16.3. The number of aryl methyl sites for hydroxylation is 2. The molecule has 3 nitrogen and oxygen atoms in total. The first-order chi connectivity index (χ1) is 15.9. The van der Waals surface area contributed by atoms with Gasteiger partial charge in [0.05, 0.1) is 11.1 Å². The molecule has 0 saturated heterocycles. The molecule has 3 heterocycles. The van der Waals surface area contributed by atoms with Crippen molar-refractivity contribution in [3.63, 3.8) is 0 Å². The fraction of sp³-hybridized carbons (Fsp3) is 0.286. The molecule has 6 rings (SSSR count). The van der Waals surface area contributed by atoms with Crippen LogP contribution in [0.15, 0.2) is 65.2 Å². The van der Waals surface area contributed by atoms with Gasteiger partial charge in [0.25, 0.3) is 0 Å². The van der Waals surface area contributed by atoms with Gasteiger partial charge in [-0.05, 0) is 42.5 Å². The summed E-state index contributed by atoms with van der Waals surface area (Å²) in [5, 5.41) is 3.13. The second kappa shape index (κ2) is 7.19. The smallest absolute Gasteiger partial charge is 0.227 e. The van der Waals surface area contributed by atoms with Crippen molar-refractivity contribution in [2.24, 2.45) is 13.0 Å². The molecule has 1 saturated carbocycles. The Morgan fingerprint density at radius 1 is 1.06 bits per heavy atom. The van der Waals surface area contributed by atoms with Crippen molar-refractivity contribution >= 4 is 33.0 Å². The van der Waals surface area contributed by atoms with E-state index in [0.717, 1.165) is 75.3 Å². The van der Waals surface area contributed by atoms with Crippen molar-refractivity contribution in [1.29, 1.82) is 0 Å². The van der Waals surface area contributed by atoms with Crippen LogP contribution in [0.25, 0.3) is 44.2 Å². The van der Waals surface area contributed by atoms with Crippen molar-refractivity contribution in [3.05, 3.63) is 71.9 Å². The summed E-state index contributed by atoms with van der Waals surface area (Å²) in [4.78, 5) is 4.78. The lowest BCUT2D eigenvalue weighted by Gasteiger charge is -2.10. The molecule has 5 aromatic rings. The van der Waals surface area contributed by atoms with Crippen LogP contribution in [-0.2, 0) is 13.4 Å². The Balaban J connectivity index is 1.59. The molecule has 1 fully saturated rings. The third-order valence-electron chi connectivity index (χ3n) is 6.68. The predicted molar refractivity (Wildman–Crippen MR) is 126 cm³/mol. The maximum atomic E-state index is 8.91. The van der Waals surface area contributed by atoms with E-state index >= 15 is 0 Å². The summed E-state index contributed by atoms with van der Waals surface area (Å²) >= 11 is 0. The first-order valence-corrected chi connectivity index (χ1v) is 11.2. The Bertz CT molecular complexity index is 1530. The van der Waals surface area contributed by atoms with Crippen molar-refractivity contribution in [3.8, 4) is 11.3 Å². The van der Waals surface area contributed by atoms with Crippen LogP contribution in [0.3, 0.4) is 0 Å². The molecular formula is C28H27N2O+. The third-order valence-corrected chi connectivity index (χ3v) is 6.68. The Kier molecular flexibility index (Phi) is 3.83. The number of fused-ring (bicyclic) bond motifs is 4. The number of aromatic nitrogens is 2. The molecule has 0 N–H and O–H groups in total. The van der Waals surface area contributed by atoms with E-state index in [1.165, 1.54) is 0 Å². The Morgan fingerprint density at radius 2 is 1.90 bits per heavy atom. The average molecular weight is 410 g/mol. The highest BCUT2D eigenvalue weighted by Gasteiger charge is 2.23. The molecule has 2 aromatic carbocycles. The molecule has 0 bridgehead atoms. The quantitative estimate of drug-likeness (QED) is 0.312. The first kappa shape index (κ1) is 16.5. The zero-order valence-corrected chi connectivity index (χ0v) is 18.0. The van der Waals surface area contributed by atoms with Gasteiger partial charge in [-0.2, -0.15) is 0 Å². The van der Waals surface area contributed by atoms with Crippen molar-refractivity contribution < 1.29 is 11.7 Å². The second-order valence-corrected chi connectivity index (χ2v) is 8.81. The van der Waals surface area contributed by atoms with Gasteiger partial charge in [0, 0.05) is 31.0 Å². The van der Waals surface area contributed by atoms with Crippen molar-refractivity contribution in [1.82, 2.24) is 4.98 Å². The summed E-state index contributed by atoms with van der Waals surface area (Å²) in [5.41, 5.74) is 6.17. The third kappa shape index (κ3) is 3.11. The van der Waals surface area contributed by atoms with Crippen LogP contribution in [0.5, 0.6) is 0 Å². The molecule has 154 valence electrons. The summed E-state index contributed by atoms with van der Waals surface area (Å²) < 4.78 is 26.3. The van der Waals surface area contributed by atoms with E-state index in [4.69, 9.17) is 12.1 Å². The SMILES string of the molecule is [2H]C([2H])(c1cc[n+](C)c(-c2c(C)ccc3c2oc2nc4ccccc4cc23)c1)C1CCCC1. The molecule has 0 radical (unpaired) electrons. The Morgan fingerprint density at radius 3 is 2.77 bits per heavy atom. The van der Waals surface area contributed by atoms with Gasteiger partial charge >= 0.3 is 0 Å². The monoisotopic (exact) mass is 409 g/mol. The molecule has 0 amide bonds. The van der Waals surface area contributed by atoms with E-state index in [1.54, 1.807) is 0 Å². The fourth-order valence-corrected chi connectivity index (χ4v) is 5.00. The lowest BCUT2D eigenvalue weighted by atomic mass is 9.95. The van der Waals surface area contributed by atoms with Gasteiger partial charge in [-0.25, -0.2) is 9.55 Å². The largest absolute Gasteiger partial charge is 0.437 e. The minimum Gasteiger partial charge on any atom is -0.437 e. The zero-order chi connectivity index (χ0) is 22.7. The topological polar surface area (TPSA) is 29.9 Å². The highest BCUT2D eigenvalue weighted by Crippen LogP contribution is 2.38. The molecule has 0 aliphatic heterocycles. The van der Waals surface area contributed by atoms with Crippen molar-refractivity contribution in [2.45, 2.75) is 39.0 Å². The van der Waals surface area contributed by atoms with Crippen LogP contribution in [0.4, 0.5) is 0 Å². The highest BCUT2D eigenvalue weighted by molar-refractivity contribution is 6.11. The van der Waals surface area contributed by atoms with E-state index < -0.39 is 6.37 Å². The lowest BCUT2D eigenvalue weighted by molar-refractivity contribution is -0.660. The lowest BCUT2D eigenvalue weighted by Crippen LogP contribution is -2.31. The van der Waals surface area contributed by atoms with Gasteiger partial charge < -0.3 is 4.42 Å². The Hall–Kier alpha value is -3.20. The van der Waals surface area contributed by atoms with Crippen LogP contribution in [-0.4, -0.2) is 4.98 Å². The summed E-state index contributed by atoms with van der Waals surface area (Å²) in [6.07, 6.45) is 4.80. The number of hydrogen-bond acceptors (Lipinski definition) is 2. The first-order valence-electron chi connectivity index (χ1n) is 12.2. The number of benzene rings is 2. The minimum absolute atomic E-state index is 0.0813. The maximum Gasteiger partial charge on any atom is 0.227 e. The van der Waals surface area contributed by atoms with Crippen molar-refractivity contribution in [2.75, 3.05) is 0 Å².